The zero-order valence-corrected chi connectivity index (χ0v) is 31.2. The van der Waals surface area contributed by atoms with E-state index in [1.807, 2.05) is 39.0 Å². The van der Waals surface area contributed by atoms with Crippen molar-refractivity contribution < 1.29 is 37.1 Å². The second-order valence-electron chi connectivity index (χ2n) is 15.9. The lowest BCUT2D eigenvalue weighted by molar-refractivity contribution is -0.142. The molecule has 5 atom stereocenters. The Morgan fingerprint density at radius 1 is 1.10 bits per heavy atom. The minimum absolute atomic E-state index is 0.0273. The van der Waals surface area contributed by atoms with Gasteiger partial charge in [-0.2, -0.15) is 0 Å². The molecule has 0 spiro atoms. The van der Waals surface area contributed by atoms with E-state index in [0.29, 0.717) is 29.9 Å². The van der Waals surface area contributed by atoms with Gasteiger partial charge in [-0.05, 0) is 75.1 Å². The molecule has 2 heterocycles. The van der Waals surface area contributed by atoms with E-state index in [9.17, 15) is 27.6 Å². The average Bonchev–Trinajstić information content (AvgIpc) is 3.55. The minimum Gasteiger partial charge on any atom is -0.497 e. The molecule has 1 aliphatic heterocycles. The quantitative estimate of drug-likeness (QED) is 0.253. The van der Waals surface area contributed by atoms with Gasteiger partial charge in [0.1, 0.15) is 29.5 Å². The number of nitrogens with zero attached hydrogens (tertiary/aromatic N) is 2. The Bertz CT molecular complexity index is 1820. The molecule has 2 aromatic rings. The third-order valence-corrected chi connectivity index (χ3v) is 11.5. The third-order valence-electron chi connectivity index (χ3n) is 9.72. The van der Waals surface area contributed by atoms with Crippen LogP contribution in [0.3, 0.4) is 0 Å². The van der Waals surface area contributed by atoms with Gasteiger partial charge in [0, 0.05) is 29.5 Å². The fourth-order valence-electron chi connectivity index (χ4n) is 6.53. The zero-order valence-electron chi connectivity index (χ0n) is 30.4. The number of hydrogen-bond acceptors (Lipinski definition) is 9. The second-order valence-corrected chi connectivity index (χ2v) is 17.8. The van der Waals surface area contributed by atoms with Gasteiger partial charge in [-0.1, -0.05) is 33.3 Å². The average molecular weight is 727 g/mol. The molecule has 1 aromatic heterocycles. The van der Waals surface area contributed by atoms with E-state index < -0.39 is 79.6 Å². The van der Waals surface area contributed by atoms with Crippen LogP contribution in [-0.4, -0.2) is 90.2 Å². The number of ether oxygens (including phenoxy) is 2. The Kier molecular flexibility index (Phi) is 10.4. The molecule has 2 aliphatic carbocycles. The summed E-state index contributed by atoms with van der Waals surface area (Å²) in [5.74, 6) is -1.57. The molecule has 5 rings (SSSR count). The summed E-state index contributed by atoms with van der Waals surface area (Å²) in [6.45, 7) is 14.6. The first kappa shape index (κ1) is 37.8. The Labute approximate surface area is 299 Å². The van der Waals surface area contributed by atoms with Gasteiger partial charge in [-0.25, -0.2) is 18.2 Å². The lowest BCUT2D eigenvalue weighted by atomic mass is 9.85. The highest BCUT2D eigenvalue weighted by atomic mass is 32.2. The molecule has 1 unspecified atom stereocenters. The second kappa shape index (κ2) is 14.0. The van der Waals surface area contributed by atoms with Crippen molar-refractivity contribution in [3.63, 3.8) is 0 Å². The number of carbonyl (C=O) groups is 4. The lowest BCUT2D eigenvalue weighted by Crippen LogP contribution is -2.61. The van der Waals surface area contributed by atoms with Crippen molar-refractivity contribution in [2.45, 2.75) is 108 Å². The summed E-state index contributed by atoms with van der Waals surface area (Å²) in [6.07, 6.45) is 4.27. The standard InChI is InChI=1S/C36H50N6O8S/c1-9-22-19-36(22,32(45)41-51(47,48)25-11-10-12-25)39-29(43)27-18-24(50-30-26-14-13-23(49-8)17-21(26)15-16-37-30)20-42(27)31(44)28(34(2,3)4)38-33(46)40-35(5,6)7/h9,13-17,22,24-25,27-28H,1,10-12,18-20H2,2-8H3,(H,39,43)(H,41,45)(H2,38,40,46)/t22-,24?,27+,28-,36-/m1/s1. The third kappa shape index (κ3) is 8.23. The van der Waals surface area contributed by atoms with Crippen molar-refractivity contribution in [3.8, 4) is 11.6 Å². The van der Waals surface area contributed by atoms with E-state index in [4.69, 9.17) is 9.47 Å². The highest BCUT2D eigenvalue weighted by Crippen LogP contribution is 2.45. The Morgan fingerprint density at radius 3 is 2.37 bits per heavy atom. The van der Waals surface area contributed by atoms with E-state index in [2.05, 4.69) is 32.2 Å². The van der Waals surface area contributed by atoms with Gasteiger partial charge in [0.05, 0.1) is 18.9 Å². The van der Waals surface area contributed by atoms with Crippen molar-refractivity contribution in [1.82, 2.24) is 30.6 Å². The molecular formula is C36H50N6O8S. The van der Waals surface area contributed by atoms with Crippen LogP contribution in [0.2, 0.25) is 0 Å². The van der Waals surface area contributed by atoms with E-state index in [1.54, 1.807) is 40.1 Å². The maximum absolute atomic E-state index is 14.5. The molecule has 5 amide bonds. The number of methoxy groups -OCH3 is 1. The van der Waals surface area contributed by atoms with Crippen LogP contribution in [0.15, 0.2) is 43.1 Å². The smallest absolute Gasteiger partial charge is 0.315 e. The van der Waals surface area contributed by atoms with Crippen LogP contribution in [0.1, 0.15) is 73.6 Å². The fraction of sp³-hybridized carbons (Fsp3) is 0.583. The first-order valence-corrected chi connectivity index (χ1v) is 18.8. The SMILES string of the molecule is C=C[C@@H]1C[C@]1(NC(=O)[C@@H]1CC(Oc2nccc3cc(OC)ccc23)CN1C(=O)[C@@H](NC(=O)NC(C)(C)C)C(C)(C)C)C(=O)NS(=O)(=O)C1CCC1. The highest BCUT2D eigenvalue weighted by molar-refractivity contribution is 7.90. The monoisotopic (exact) mass is 726 g/mol. The van der Waals surface area contributed by atoms with E-state index in [1.165, 1.54) is 11.0 Å². The van der Waals surface area contributed by atoms with Gasteiger partial charge in [0.25, 0.3) is 5.91 Å². The van der Waals surface area contributed by atoms with Crippen molar-refractivity contribution in [2.24, 2.45) is 11.3 Å². The van der Waals surface area contributed by atoms with Crippen LogP contribution >= 0.6 is 0 Å². The topological polar surface area (TPSA) is 185 Å². The van der Waals surface area contributed by atoms with E-state index in [0.717, 1.165) is 11.8 Å². The number of benzene rings is 1. The van der Waals surface area contributed by atoms with Gasteiger partial charge in [-0.3, -0.25) is 19.1 Å². The maximum atomic E-state index is 14.5. The van der Waals surface area contributed by atoms with Crippen LogP contribution in [-0.2, 0) is 24.4 Å². The summed E-state index contributed by atoms with van der Waals surface area (Å²) in [4.78, 5) is 61.1. The summed E-state index contributed by atoms with van der Waals surface area (Å²) < 4.78 is 39.7. The molecule has 278 valence electrons. The van der Waals surface area contributed by atoms with E-state index >= 15 is 0 Å². The van der Waals surface area contributed by atoms with Crippen LogP contribution < -0.4 is 30.1 Å². The maximum Gasteiger partial charge on any atom is 0.315 e. The molecule has 3 fully saturated rings. The molecule has 14 nitrogen and oxygen atoms in total. The number of hydrogen-bond donors (Lipinski definition) is 4. The van der Waals surface area contributed by atoms with Gasteiger partial charge in [0.15, 0.2) is 0 Å². The van der Waals surface area contributed by atoms with Crippen molar-refractivity contribution in [1.29, 1.82) is 0 Å². The van der Waals surface area contributed by atoms with E-state index in [-0.39, 0.29) is 19.4 Å². The van der Waals surface area contributed by atoms with Gasteiger partial charge >= 0.3 is 6.03 Å². The number of amides is 5. The predicted octanol–water partition coefficient (Wildman–Crippen LogP) is 3.16. The number of rotatable bonds is 11. The van der Waals surface area contributed by atoms with Crippen molar-refractivity contribution in [2.75, 3.05) is 13.7 Å². The first-order valence-electron chi connectivity index (χ1n) is 17.3. The Morgan fingerprint density at radius 2 is 1.80 bits per heavy atom. The largest absolute Gasteiger partial charge is 0.497 e. The zero-order chi connectivity index (χ0) is 37.5. The molecule has 0 bridgehead atoms. The van der Waals surface area contributed by atoms with Crippen LogP contribution in [0, 0.1) is 11.3 Å². The number of fused-ring (bicyclic) bond motifs is 1. The lowest BCUT2D eigenvalue weighted by Gasteiger charge is -2.36. The van der Waals surface area contributed by atoms with Gasteiger partial charge < -0.3 is 30.3 Å². The van der Waals surface area contributed by atoms with Gasteiger partial charge in [0.2, 0.25) is 27.7 Å². The summed E-state index contributed by atoms with van der Waals surface area (Å²) in [5.41, 5.74) is -2.90. The van der Waals surface area contributed by atoms with Gasteiger partial charge in [-0.15, -0.1) is 6.58 Å². The number of aromatic nitrogens is 1. The number of sulfonamides is 1. The highest BCUT2D eigenvalue weighted by Gasteiger charge is 2.62. The minimum atomic E-state index is -3.93. The van der Waals surface area contributed by atoms with Crippen LogP contribution in [0.4, 0.5) is 4.79 Å². The molecule has 1 aromatic carbocycles. The number of likely N-dealkylation sites (tertiary alicyclic amines) is 1. The summed E-state index contributed by atoms with van der Waals surface area (Å²) in [6, 6.07) is 4.52. The molecule has 3 aliphatic rings. The molecule has 51 heavy (non-hydrogen) atoms. The van der Waals surface area contributed by atoms with Crippen molar-refractivity contribution >= 4 is 44.5 Å². The summed E-state index contributed by atoms with van der Waals surface area (Å²) >= 11 is 0. The normalized spacial score (nSPS) is 24.1. The first-order chi connectivity index (χ1) is 23.8. The predicted molar refractivity (Wildman–Crippen MR) is 191 cm³/mol. The number of urea groups is 1. The molecule has 15 heteroatoms. The summed E-state index contributed by atoms with van der Waals surface area (Å²) in [5, 5.41) is 9.29. The summed E-state index contributed by atoms with van der Waals surface area (Å²) in [7, 11) is -2.35. The molecule has 1 saturated heterocycles. The molecule has 2 saturated carbocycles. The molecule has 0 radical (unpaired) electrons. The molecular weight excluding hydrogens is 676 g/mol. The Balaban J connectivity index is 1.44. The van der Waals surface area contributed by atoms with Crippen LogP contribution in [0.5, 0.6) is 11.6 Å². The fourth-order valence-corrected chi connectivity index (χ4v) is 8.09. The molecule has 4 N–H and O–H groups in total. The number of carbonyl (C=O) groups excluding carboxylic acids is 4. The van der Waals surface area contributed by atoms with Crippen LogP contribution in [0.25, 0.3) is 10.8 Å². The Hall–Kier alpha value is -4.40. The number of pyridine rings is 1. The van der Waals surface area contributed by atoms with Crippen molar-refractivity contribution in [3.05, 3.63) is 43.1 Å². The number of nitrogens with one attached hydrogen (secondary N) is 4.